The molecule has 0 saturated carbocycles. The number of nitrogens with zero attached hydrogens (tertiary/aromatic N) is 5. The molecule has 0 saturated heterocycles. The molecule has 0 aliphatic carbocycles. The molecule has 4 aromatic heterocycles. The van der Waals surface area contributed by atoms with Crippen LogP contribution in [-0.2, 0) is 17.9 Å². The second-order valence-electron chi connectivity index (χ2n) is 6.16. The summed E-state index contributed by atoms with van der Waals surface area (Å²) in [5, 5.41) is 11.2. The highest BCUT2D eigenvalue weighted by molar-refractivity contribution is 5.82. The fourth-order valence-electron chi connectivity index (χ4n) is 3.04. The highest BCUT2D eigenvalue weighted by Gasteiger charge is 2.12. The molecule has 0 bridgehead atoms. The largest absolute Gasteiger partial charge is 0.463 e. The zero-order valence-corrected chi connectivity index (χ0v) is 14.5. The summed E-state index contributed by atoms with van der Waals surface area (Å²) in [6, 6.07) is 5.39. The van der Waals surface area contributed by atoms with E-state index >= 15 is 0 Å². The van der Waals surface area contributed by atoms with Crippen molar-refractivity contribution in [3.05, 3.63) is 52.5 Å². The van der Waals surface area contributed by atoms with Crippen LogP contribution in [0.5, 0.6) is 0 Å². The van der Waals surface area contributed by atoms with E-state index in [2.05, 4.69) is 15.5 Å². The lowest BCUT2D eigenvalue weighted by Gasteiger charge is -2.08. The van der Waals surface area contributed by atoms with Crippen molar-refractivity contribution in [3.63, 3.8) is 0 Å². The summed E-state index contributed by atoms with van der Waals surface area (Å²) in [5.41, 5.74) is 3.44. The van der Waals surface area contributed by atoms with E-state index in [9.17, 15) is 9.59 Å². The Morgan fingerprint density at radius 1 is 1.23 bits per heavy atom. The first-order valence-corrected chi connectivity index (χ1v) is 8.25. The number of fused-ring (bicyclic) bond motifs is 3. The number of amides is 1. The van der Waals surface area contributed by atoms with Gasteiger partial charge in [-0.25, -0.2) is 4.68 Å². The highest BCUT2D eigenvalue weighted by atomic mass is 16.3. The number of furan rings is 1. The van der Waals surface area contributed by atoms with E-state index < -0.39 is 0 Å². The molecule has 9 nitrogen and oxygen atoms in total. The average molecular weight is 354 g/mol. The van der Waals surface area contributed by atoms with Crippen molar-refractivity contribution in [1.29, 1.82) is 0 Å². The number of aromatic nitrogens is 5. The van der Waals surface area contributed by atoms with E-state index in [0.717, 1.165) is 21.6 Å². The fourth-order valence-corrected chi connectivity index (χ4v) is 3.04. The molecule has 134 valence electrons. The van der Waals surface area contributed by atoms with Gasteiger partial charge < -0.3 is 9.73 Å². The third kappa shape index (κ3) is 2.77. The lowest BCUT2D eigenvalue weighted by molar-refractivity contribution is -0.121. The predicted molar refractivity (Wildman–Crippen MR) is 93.9 cm³/mol. The third-order valence-corrected chi connectivity index (χ3v) is 4.26. The summed E-state index contributed by atoms with van der Waals surface area (Å²) < 4.78 is 9.93. The summed E-state index contributed by atoms with van der Waals surface area (Å²) in [7, 11) is 0. The third-order valence-electron chi connectivity index (χ3n) is 4.26. The Hall–Kier alpha value is -3.36. The van der Waals surface area contributed by atoms with E-state index in [1.54, 1.807) is 22.8 Å². The van der Waals surface area contributed by atoms with Gasteiger partial charge in [0, 0.05) is 24.4 Å². The number of hydrogen-bond donors (Lipinski definition) is 1. The number of hydrogen-bond acceptors (Lipinski definition) is 5. The first-order valence-electron chi connectivity index (χ1n) is 8.25. The van der Waals surface area contributed by atoms with Gasteiger partial charge in [-0.3, -0.25) is 18.7 Å². The highest BCUT2D eigenvalue weighted by Crippen LogP contribution is 2.18. The zero-order chi connectivity index (χ0) is 18.3. The van der Waals surface area contributed by atoms with Gasteiger partial charge in [0.05, 0.1) is 24.0 Å². The van der Waals surface area contributed by atoms with Crippen LogP contribution in [0.3, 0.4) is 0 Å². The molecule has 0 unspecified atom stereocenters. The molecule has 0 atom stereocenters. The Labute approximate surface area is 147 Å². The lowest BCUT2D eigenvalue weighted by atomic mass is 10.4. The molecular formula is C17H18N6O3. The second kappa shape index (κ2) is 6.17. The Morgan fingerprint density at radius 3 is 2.85 bits per heavy atom. The van der Waals surface area contributed by atoms with E-state index in [-0.39, 0.29) is 18.0 Å². The molecule has 9 heteroatoms. The van der Waals surface area contributed by atoms with Gasteiger partial charge >= 0.3 is 0 Å². The minimum absolute atomic E-state index is 0.140. The van der Waals surface area contributed by atoms with Crippen LogP contribution in [0.15, 0.2) is 40.0 Å². The summed E-state index contributed by atoms with van der Waals surface area (Å²) in [4.78, 5) is 24.7. The number of nitrogens with one attached hydrogen (secondary N) is 1. The lowest BCUT2D eigenvalue weighted by Crippen LogP contribution is -2.35. The maximum atomic E-state index is 12.5. The number of rotatable bonds is 5. The average Bonchev–Trinajstić information content (AvgIpc) is 3.25. The molecule has 0 aliphatic rings. The molecule has 0 aromatic carbocycles. The number of carbonyl (C=O) groups excluding carboxylic acids is 1. The van der Waals surface area contributed by atoms with E-state index in [1.165, 1.54) is 6.33 Å². The van der Waals surface area contributed by atoms with Gasteiger partial charge in [0.2, 0.25) is 5.91 Å². The van der Waals surface area contributed by atoms with Crippen LogP contribution < -0.4 is 10.9 Å². The SMILES string of the molecule is Cc1cc(C)n(CCNC(=O)Cn2ncn3c(cc4occc43)c2=O)n1. The molecule has 0 spiro atoms. The van der Waals surface area contributed by atoms with Crippen LogP contribution in [0.25, 0.3) is 16.6 Å². The Kier molecular flexibility index (Phi) is 3.83. The molecule has 1 amide bonds. The van der Waals surface area contributed by atoms with Gasteiger partial charge in [-0.05, 0) is 19.9 Å². The molecule has 4 aromatic rings. The minimum Gasteiger partial charge on any atom is -0.463 e. The first-order chi connectivity index (χ1) is 12.5. The van der Waals surface area contributed by atoms with Gasteiger partial charge in [-0.15, -0.1) is 0 Å². The van der Waals surface area contributed by atoms with Crippen LogP contribution >= 0.6 is 0 Å². The molecule has 4 heterocycles. The molecular weight excluding hydrogens is 336 g/mol. The smallest absolute Gasteiger partial charge is 0.291 e. The maximum Gasteiger partial charge on any atom is 0.291 e. The van der Waals surface area contributed by atoms with Crippen molar-refractivity contribution in [3.8, 4) is 0 Å². The molecule has 0 aliphatic heterocycles. The van der Waals surface area contributed by atoms with Crippen molar-refractivity contribution in [1.82, 2.24) is 29.3 Å². The number of carbonyl (C=O) groups is 1. The Balaban J connectivity index is 1.44. The minimum atomic E-state index is -0.340. The summed E-state index contributed by atoms with van der Waals surface area (Å²) in [6.07, 6.45) is 3.07. The van der Waals surface area contributed by atoms with Crippen LogP contribution in [0.1, 0.15) is 11.4 Å². The standard InChI is InChI=1S/C17H18N6O3/c1-11-7-12(2)22(20-11)5-4-18-16(24)9-23-17(25)14-8-15-13(3-6-26-15)21(14)10-19-23/h3,6-8,10H,4-5,9H2,1-2H3,(H,18,24). The number of aryl methyl sites for hydroxylation is 2. The van der Waals surface area contributed by atoms with Gasteiger partial charge in [0.1, 0.15) is 18.4 Å². The van der Waals surface area contributed by atoms with Gasteiger partial charge in [-0.2, -0.15) is 10.2 Å². The van der Waals surface area contributed by atoms with E-state index in [4.69, 9.17) is 4.42 Å². The monoisotopic (exact) mass is 354 g/mol. The van der Waals surface area contributed by atoms with Crippen molar-refractivity contribution in [2.75, 3.05) is 6.54 Å². The zero-order valence-electron chi connectivity index (χ0n) is 14.5. The summed E-state index contributed by atoms with van der Waals surface area (Å²) in [5.74, 6) is -0.277. The van der Waals surface area contributed by atoms with Gasteiger partial charge in [-0.1, -0.05) is 0 Å². The van der Waals surface area contributed by atoms with Crippen molar-refractivity contribution in [2.45, 2.75) is 26.9 Å². The van der Waals surface area contributed by atoms with E-state index in [1.807, 2.05) is 24.6 Å². The van der Waals surface area contributed by atoms with Crippen molar-refractivity contribution >= 4 is 22.5 Å². The van der Waals surface area contributed by atoms with E-state index in [0.29, 0.717) is 24.2 Å². The molecule has 4 rings (SSSR count). The van der Waals surface area contributed by atoms with Crippen LogP contribution in [-0.4, -0.2) is 36.4 Å². The molecule has 1 N–H and O–H groups in total. The summed E-state index contributed by atoms with van der Waals surface area (Å²) in [6.45, 7) is 4.75. The maximum absolute atomic E-state index is 12.5. The molecule has 0 radical (unpaired) electrons. The van der Waals surface area contributed by atoms with Crippen LogP contribution in [0.4, 0.5) is 0 Å². The Morgan fingerprint density at radius 2 is 2.08 bits per heavy atom. The molecule has 0 fully saturated rings. The van der Waals surface area contributed by atoms with Crippen molar-refractivity contribution in [2.24, 2.45) is 0 Å². The van der Waals surface area contributed by atoms with Gasteiger partial charge in [0.25, 0.3) is 5.56 Å². The fraction of sp³-hybridized carbons (Fsp3) is 0.294. The second-order valence-corrected chi connectivity index (χ2v) is 6.16. The topological polar surface area (TPSA) is 99.4 Å². The quantitative estimate of drug-likeness (QED) is 0.573. The first kappa shape index (κ1) is 16.1. The van der Waals surface area contributed by atoms with Crippen LogP contribution in [0.2, 0.25) is 0 Å². The van der Waals surface area contributed by atoms with Crippen molar-refractivity contribution < 1.29 is 9.21 Å². The molecule has 26 heavy (non-hydrogen) atoms. The van der Waals surface area contributed by atoms with Gasteiger partial charge in [0.15, 0.2) is 5.58 Å². The van der Waals surface area contributed by atoms with Crippen LogP contribution in [0, 0.1) is 13.8 Å². The summed E-state index contributed by atoms with van der Waals surface area (Å²) >= 11 is 0. The normalized spacial score (nSPS) is 11.5. The predicted octanol–water partition coefficient (Wildman–Crippen LogP) is 0.872. The Bertz CT molecular complexity index is 1160.